The maximum absolute atomic E-state index is 14.0. The van der Waals surface area contributed by atoms with E-state index in [9.17, 15) is 14.3 Å². The van der Waals surface area contributed by atoms with Crippen molar-refractivity contribution in [2.24, 2.45) is 11.7 Å². The first-order chi connectivity index (χ1) is 9.10. The fourth-order valence-corrected chi connectivity index (χ4v) is 3.15. The molecule has 2 rings (SSSR count). The number of carboxylic acid groups (broad SMARTS) is 1. The maximum atomic E-state index is 14.0. The van der Waals surface area contributed by atoms with Gasteiger partial charge in [-0.25, -0.2) is 4.39 Å². The lowest BCUT2D eigenvalue weighted by molar-refractivity contribution is -0.144. The predicted octanol–water partition coefficient (Wildman–Crippen LogP) is 2.69. The van der Waals surface area contributed by atoms with Gasteiger partial charge < -0.3 is 10.8 Å². The van der Waals surface area contributed by atoms with Gasteiger partial charge in [-0.2, -0.15) is 0 Å². The minimum absolute atomic E-state index is 0.0697. The molecule has 4 heteroatoms. The van der Waals surface area contributed by atoms with Crippen molar-refractivity contribution in [2.75, 3.05) is 6.54 Å². The van der Waals surface area contributed by atoms with Gasteiger partial charge in [-0.15, -0.1) is 0 Å². The molecule has 3 nitrogen and oxygen atoms in total. The monoisotopic (exact) mass is 265 g/mol. The summed E-state index contributed by atoms with van der Waals surface area (Å²) in [4.78, 5) is 11.7. The van der Waals surface area contributed by atoms with Crippen molar-refractivity contribution in [3.8, 4) is 0 Å². The van der Waals surface area contributed by atoms with Gasteiger partial charge in [0.2, 0.25) is 0 Å². The van der Waals surface area contributed by atoms with Crippen LogP contribution in [0.25, 0.3) is 0 Å². The zero-order valence-corrected chi connectivity index (χ0v) is 10.9. The van der Waals surface area contributed by atoms with Crippen LogP contribution in [0, 0.1) is 11.7 Å². The molecule has 1 aromatic rings. The quantitative estimate of drug-likeness (QED) is 0.860. The first kappa shape index (κ1) is 14.0. The molecule has 1 fully saturated rings. The number of hydrogen-bond donors (Lipinski definition) is 2. The molecule has 0 radical (unpaired) electrons. The number of nitrogens with two attached hydrogens (primary N) is 1. The van der Waals surface area contributed by atoms with Crippen LogP contribution in [-0.4, -0.2) is 17.6 Å². The Labute approximate surface area is 112 Å². The van der Waals surface area contributed by atoms with Crippen molar-refractivity contribution < 1.29 is 14.3 Å². The van der Waals surface area contributed by atoms with Crippen LogP contribution in [0.3, 0.4) is 0 Å². The van der Waals surface area contributed by atoms with E-state index >= 15 is 0 Å². The van der Waals surface area contributed by atoms with Gasteiger partial charge >= 0.3 is 5.97 Å². The molecule has 1 atom stereocenters. The van der Waals surface area contributed by atoms with E-state index in [1.165, 1.54) is 6.07 Å². The van der Waals surface area contributed by atoms with Gasteiger partial charge in [0.25, 0.3) is 0 Å². The Morgan fingerprint density at radius 2 is 2.00 bits per heavy atom. The van der Waals surface area contributed by atoms with E-state index < -0.39 is 17.2 Å². The Balaban J connectivity index is 2.38. The minimum atomic E-state index is -1.29. The van der Waals surface area contributed by atoms with Crippen molar-refractivity contribution in [3.63, 3.8) is 0 Å². The summed E-state index contributed by atoms with van der Waals surface area (Å²) in [6.07, 6.45) is 4.72. The third-order valence-corrected chi connectivity index (χ3v) is 4.26. The number of carbonyl (C=O) groups is 1. The van der Waals surface area contributed by atoms with Gasteiger partial charge in [-0.05, 0) is 18.4 Å². The lowest BCUT2D eigenvalue weighted by Gasteiger charge is -2.31. The number of carboxylic acids is 1. The summed E-state index contributed by atoms with van der Waals surface area (Å²) in [6.45, 7) is -0.0697. The molecule has 1 aliphatic rings. The lowest BCUT2D eigenvalue weighted by Crippen LogP contribution is -2.45. The van der Waals surface area contributed by atoms with E-state index in [0.29, 0.717) is 12.3 Å². The van der Waals surface area contributed by atoms with Gasteiger partial charge in [-0.1, -0.05) is 43.9 Å². The standard InChI is InChI=1S/C15H20FNO2/c16-13-8-4-3-7-12(13)15(10-17,14(18)19)9-11-5-1-2-6-11/h3-4,7-8,11H,1-2,5-6,9-10,17H2,(H,18,19). The Hall–Kier alpha value is -1.42. The summed E-state index contributed by atoms with van der Waals surface area (Å²) in [5, 5.41) is 9.62. The number of halogens is 1. The number of aliphatic carboxylic acids is 1. The Kier molecular flexibility index (Phi) is 4.20. The second-order valence-corrected chi connectivity index (χ2v) is 5.43. The summed E-state index contributed by atoms with van der Waals surface area (Å²) in [5.41, 5.74) is 4.67. The average Bonchev–Trinajstić information content (AvgIpc) is 2.89. The first-order valence-corrected chi connectivity index (χ1v) is 6.78. The fraction of sp³-hybridized carbons (Fsp3) is 0.533. The Morgan fingerprint density at radius 3 is 2.53 bits per heavy atom. The second-order valence-electron chi connectivity index (χ2n) is 5.43. The van der Waals surface area contributed by atoms with Crippen LogP contribution < -0.4 is 5.73 Å². The molecule has 0 aliphatic heterocycles. The summed E-state index contributed by atoms with van der Waals surface area (Å²) in [7, 11) is 0. The highest BCUT2D eigenvalue weighted by molar-refractivity contribution is 5.82. The summed E-state index contributed by atoms with van der Waals surface area (Å²) < 4.78 is 14.0. The van der Waals surface area contributed by atoms with Crippen LogP contribution >= 0.6 is 0 Å². The molecule has 1 aliphatic carbocycles. The first-order valence-electron chi connectivity index (χ1n) is 6.78. The molecular formula is C15H20FNO2. The van der Waals surface area contributed by atoms with Crippen LogP contribution in [-0.2, 0) is 10.2 Å². The van der Waals surface area contributed by atoms with Crippen LogP contribution in [0.4, 0.5) is 4.39 Å². The molecular weight excluding hydrogens is 245 g/mol. The molecule has 0 saturated heterocycles. The molecule has 3 N–H and O–H groups in total. The smallest absolute Gasteiger partial charge is 0.315 e. The van der Waals surface area contributed by atoms with Crippen LogP contribution in [0.2, 0.25) is 0 Å². The van der Waals surface area contributed by atoms with Crippen molar-refractivity contribution in [2.45, 2.75) is 37.5 Å². The highest BCUT2D eigenvalue weighted by atomic mass is 19.1. The minimum Gasteiger partial charge on any atom is -0.481 e. The normalized spacial score (nSPS) is 19.3. The molecule has 0 spiro atoms. The highest BCUT2D eigenvalue weighted by Gasteiger charge is 2.43. The van der Waals surface area contributed by atoms with E-state index in [-0.39, 0.29) is 12.1 Å². The number of hydrogen-bond acceptors (Lipinski definition) is 2. The molecule has 1 saturated carbocycles. The largest absolute Gasteiger partial charge is 0.481 e. The Morgan fingerprint density at radius 1 is 1.37 bits per heavy atom. The highest BCUT2D eigenvalue weighted by Crippen LogP contribution is 2.38. The van der Waals surface area contributed by atoms with Gasteiger partial charge in [0.1, 0.15) is 11.2 Å². The van der Waals surface area contributed by atoms with Crippen molar-refractivity contribution >= 4 is 5.97 Å². The van der Waals surface area contributed by atoms with E-state index in [1.807, 2.05) is 0 Å². The molecule has 1 aromatic carbocycles. The van der Waals surface area contributed by atoms with E-state index in [1.54, 1.807) is 18.2 Å². The van der Waals surface area contributed by atoms with Crippen LogP contribution in [0.1, 0.15) is 37.7 Å². The molecule has 0 aromatic heterocycles. The Bertz CT molecular complexity index is 457. The van der Waals surface area contributed by atoms with Gasteiger partial charge in [0.05, 0.1) is 0 Å². The second kappa shape index (κ2) is 5.70. The zero-order valence-electron chi connectivity index (χ0n) is 10.9. The van der Waals surface area contributed by atoms with Gasteiger partial charge in [0.15, 0.2) is 0 Å². The molecule has 19 heavy (non-hydrogen) atoms. The van der Waals surface area contributed by atoms with E-state index in [0.717, 1.165) is 25.7 Å². The topological polar surface area (TPSA) is 63.3 Å². The number of rotatable bonds is 5. The van der Waals surface area contributed by atoms with Gasteiger partial charge in [0, 0.05) is 12.1 Å². The maximum Gasteiger partial charge on any atom is 0.315 e. The van der Waals surface area contributed by atoms with Crippen LogP contribution in [0.15, 0.2) is 24.3 Å². The van der Waals surface area contributed by atoms with Gasteiger partial charge in [-0.3, -0.25) is 4.79 Å². The fourth-order valence-electron chi connectivity index (χ4n) is 3.15. The summed E-state index contributed by atoms with van der Waals surface area (Å²) >= 11 is 0. The molecule has 1 unspecified atom stereocenters. The van der Waals surface area contributed by atoms with Crippen LogP contribution in [0.5, 0.6) is 0 Å². The van der Waals surface area contributed by atoms with E-state index in [2.05, 4.69) is 0 Å². The molecule has 104 valence electrons. The van der Waals surface area contributed by atoms with Crippen molar-refractivity contribution in [1.29, 1.82) is 0 Å². The number of benzene rings is 1. The average molecular weight is 265 g/mol. The van der Waals surface area contributed by atoms with Crippen molar-refractivity contribution in [1.82, 2.24) is 0 Å². The third-order valence-electron chi connectivity index (χ3n) is 4.26. The van der Waals surface area contributed by atoms with Crippen molar-refractivity contribution in [3.05, 3.63) is 35.6 Å². The zero-order chi connectivity index (χ0) is 13.9. The molecule has 0 bridgehead atoms. The summed E-state index contributed by atoms with van der Waals surface area (Å²) in [5.74, 6) is -1.17. The SMILES string of the molecule is NCC(CC1CCCC1)(C(=O)O)c1ccccc1F. The predicted molar refractivity (Wildman–Crippen MR) is 71.3 cm³/mol. The lowest BCUT2D eigenvalue weighted by atomic mass is 9.73. The molecule has 0 heterocycles. The molecule has 0 amide bonds. The third kappa shape index (κ3) is 2.63. The summed E-state index contributed by atoms with van der Waals surface area (Å²) in [6, 6.07) is 6.08. The van der Waals surface area contributed by atoms with E-state index in [4.69, 9.17) is 5.73 Å².